The third kappa shape index (κ3) is 13.8. The van der Waals surface area contributed by atoms with Crippen molar-refractivity contribution in [3.8, 4) is 0 Å². The first-order valence-electron chi connectivity index (χ1n) is 9.56. The minimum atomic E-state index is -2.36. The van der Waals surface area contributed by atoms with E-state index < -0.39 is 51.6 Å². The molecule has 0 aromatic rings. The summed E-state index contributed by atoms with van der Waals surface area (Å²) >= 11 is 0. The lowest BCUT2D eigenvalue weighted by atomic mass is 10.9. The van der Waals surface area contributed by atoms with E-state index in [0.29, 0.717) is 0 Å². The van der Waals surface area contributed by atoms with Crippen molar-refractivity contribution in [3.05, 3.63) is 0 Å². The summed E-state index contributed by atoms with van der Waals surface area (Å²) in [5, 5.41) is 0. The maximum atomic E-state index is 6.61. The maximum Gasteiger partial charge on any atom is 0.383 e. The Morgan fingerprint density at radius 1 is 0.556 bits per heavy atom. The molecular weight excluding hydrogens is 445 g/mol. The van der Waals surface area contributed by atoms with Crippen LogP contribution in [0, 0.1) is 0 Å². The lowest BCUT2D eigenvalue weighted by Gasteiger charge is -2.42. The third-order valence-electron chi connectivity index (χ3n) is 3.44. The molecule has 0 heterocycles. The molecule has 0 spiro atoms. The van der Waals surface area contributed by atoms with Gasteiger partial charge in [0.05, 0.1) is 0 Å². The molecule has 6 nitrogen and oxygen atoms in total. The molecule has 0 saturated heterocycles. The molecule has 0 saturated carbocycles. The van der Waals surface area contributed by atoms with Gasteiger partial charge in [0, 0.05) is 14.2 Å². The Morgan fingerprint density at radius 2 is 0.926 bits per heavy atom. The molecule has 0 N–H and O–H groups in total. The van der Waals surface area contributed by atoms with Crippen molar-refractivity contribution in [2.45, 2.75) is 84.1 Å². The van der Waals surface area contributed by atoms with Crippen LogP contribution in [0.5, 0.6) is 0 Å². The number of hydrogen-bond donors (Lipinski definition) is 0. The molecule has 0 rings (SSSR count). The largest absolute Gasteiger partial charge is 0.437 e. The highest BCUT2D eigenvalue weighted by Crippen LogP contribution is 2.27. The molecule has 0 amide bonds. The van der Waals surface area contributed by atoms with E-state index in [2.05, 4.69) is 72.0 Å². The quantitative estimate of drug-likeness (QED) is 0.341. The van der Waals surface area contributed by atoms with Crippen molar-refractivity contribution >= 4 is 51.6 Å². The second-order valence-electron chi connectivity index (χ2n) is 9.76. The fourth-order valence-corrected chi connectivity index (χ4v) is 29.9. The predicted octanol–water partition coefficient (Wildman–Crippen LogP) is 4.98. The summed E-state index contributed by atoms with van der Waals surface area (Å²) in [4.78, 5) is 0. The third-order valence-corrected chi connectivity index (χ3v) is 23.4. The van der Waals surface area contributed by atoms with Gasteiger partial charge in [-0.3, -0.25) is 0 Å². The normalized spacial score (nSPS) is 14.9. The molecule has 0 fully saturated rings. The van der Waals surface area contributed by atoms with Crippen LogP contribution in [-0.4, -0.2) is 65.8 Å². The Bertz CT molecular complexity index is 449. The highest BCUT2D eigenvalue weighted by molar-refractivity contribution is 6.90. The van der Waals surface area contributed by atoms with Crippen LogP contribution in [0.2, 0.25) is 84.1 Å². The Kier molecular flexibility index (Phi) is 10.8. The molecule has 0 aliphatic carbocycles. The zero-order valence-electron chi connectivity index (χ0n) is 19.9. The minimum Gasteiger partial charge on any atom is -0.437 e. The van der Waals surface area contributed by atoms with Crippen LogP contribution in [0.4, 0.5) is 0 Å². The van der Waals surface area contributed by atoms with Crippen LogP contribution in [0.1, 0.15) is 0 Å². The van der Waals surface area contributed by atoms with Gasteiger partial charge in [-0.25, -0.2) is 0 Å². The van der Waals surface area contributed by atoms with Crippen molar-refractivity contribution in [1.82, 2.24) is 0 Å². The average molecular weight is 488 g/mol. The van der Waals surface area contributed by atoms with E-state index in [0.717, 1.165) is 12.1 Å². The Labute approximate surface area is 175 Å². The van der Waals surface area contributed by atoms with Gasteiger partial charge < -0.3 is 25.3 Å². The number of hydrogen-bond acceptors (Lipinski definition) is 6. The SMILES string of the molecule is CO[Si](CC[Si](C)(C)O[Si](C)(C)O[Si](C)(C)O[Si](C)(C)O[Si](C)(C)C)OC. The van der Waals surface area contributed by atoms with Gasteiger partial charge in [0.15, 0.2) is 16.6 Å². The predicted molar refractivity (Wildman–Crippen MR) is 127 cm³/mol. The summed E-state index contributed by atoms with van der Waals surface area (Å²) in [7, 11) is -8.17. The van der Waals surface area contributed by atoms with E-state index in [9.17, 15) is 0 Å². The van der Waals surface area contributed by atoms with Crippen molar-refractivity contribution in [2.75, 3.05) is 14.2 Å². The first-order chi connectivity index (χ1) is 11.8. The van der Waals surface area contributed by atoms with E-state index in [1.54, 1.807) is 14.2 Å². The minimum absolute atomic E-state index is 0.933. The molecule has 0 bridgehead atoms. The summed E-state index contributed by atoms with van der Waals surface area (Å²) in [6, 6.07) is 1.94. The van der Waals surface area contributed by atoms with Gasteiger partial charge in [0.1, 0.15) is 0 Å². The second kappa shape index (κ2) is 10.4. The fraction of sp³-hybridized carbons (Fsp3) is 1.00. The van der Waals surface area contributed by atoms with Crippen molar-refractivity contribution in [1.29, 1.82) is 0 Å². The van der Waals surface area contributed by atoms with Crippen LogP contribution in [0.25, 0.3) is 0 Å². The first-order valence-corrected chi connectivity index (χ1v) is 26.1. The Balaban J connectivity index is 4.90. The zero-order chi connectivity index (χ0) is 21.7. The maximum absolute atomic E-state index is 6.61. The lowest BCUT2D eigenvalue weighted by Crippen LogP contribution is -2.58. The molecule has 0 aromatic heterocycles. The van der Waals surface area contributed by atoms with Crippen molar-refractivity contribution in [3.63, 3.8) is 0 Å². The Morgan fingerprint density at radius 3 is 1.30 bits per heavy atom. The van der Waals surface area contributed by atoms with Gasteiger partial charge in [-0.05, 0) is 84.1 Å². The monoisotopic (exact) mass is 487 g/mol. The van der Waals surface area contributed by atoms with Gasteiger partial charge >= 0.3 is 35.0 Å². The molecule has 27 heavy (non-hydrogen) atoms. The molecule has 1 radical (unpaired) electrons. The molecule has 163 valence electrons. The lowest BCUT2D eigenvalue weighted by molar-refractivity contribution is 0.277. The summed E-state index contributed by atoms with van der Waals surface area (Å²) in [5.74, 6) is 0. The highest BCUT2D eigenvalue weighted by Gasteiger charge is 2.45. The standard InChI is InChI=1S/C15H43O6Si6/c1-16-22(17-2)14-15-24(6,7)19-26(10,11)21-27(12,13)20-25(8,9)18-23(3,4)5/h14-15H2,1-13H3. The van der Waals surface area contributed by atoms with Gasteiger partial charge in [0.2, 0.25) is 0 Å². The van der Waals surface area contributed by atoms with E-state index in [4.69, 9.17) is 25.3 Å². The van der Waals surface area contributed by atoms with Gasteiger partial charge in [0.25, 0.3) is 0 Å². The molecule has 0 atom stereocenters. The fourth-order valence-electron chi connectivity index (χ4n) is 3.39. The van der Waals surface area contributed by atoms with E-state index in [1.165, 1.54) is 0 Å². The van der Waals surface area contributed by atoms with Crippen LogP contribution < -0.4 is 0 Å². The van der Waals surface area contributed by atoms with E-state index >= 15 is 0 Å². The first kappa shape index (κ1) is 28.1. The summed E-state index contributed by atoms with van der Waals surface area (Å²) in [5.41, 5.74) is 0. The van der Waals surface area contributed by atoms with Crippen LogP contribution in [0.3, 0.4) is 0 Å². The molecule has 0 aliphatic heterocycles. The van der Waals surface area contributed by atoms with E-state index in [-0.39, 0.29) is 0 Å². The summed E-state index contributed by atoms with van der Waals surface area (Å²) in [6.07, 6.45) is 0. The average Bonchev–Trinajstić information content (AvgIpc) is 2.31. The van der Waals surface area contributed by atoms with Crippen LogP contribution in [-0.2, 0) is 25.3 Å². The molecule has 0 aromatic carbocycles. The van der Waals surface area contributed by atoms with Crippen molar-refractivity contribution in [2.24, 2.45) is 0 Å². The van der Waals surface area contributed by atoms with Crippen LogP contribution in [0.15, 0.2) is 0 Å². The topological polar surface area (TPSA) is 55.4 Å². The molecule has 0 aliphatic rings. The highest BCUT2D eigenvalue weighted by atomic mass is 28.5. The zero-order valence-corrected chi connectivity index (χ0v) is 25.9. The van der Waals surface area contributed by atoms with Gasteiger partial charge in [-0.1, -0.05) is 0 Å². The van der Waals surface area contributed by atoms with Crippen LogP contribution >= 0.6 is 0 Å². The van der Waals surface area contributed by atoms with Gasteiger partial charge in [-0.2, -0.15) is 0 Å². The molecule has 0 unspecified atom stereocenters. The van der Waals surface area contributed by atoms with Crippen molar-refractivity contribution < 1.29 is 25.3 Å². The Hall–Kier alpha value is 1.06. The number of rotatable bonds is 13. The van der Waals surface area contributed by atoms with E-state index in [1.807, 2.05) is 0 Å². The van der Waals surface area contributed by atoms with Gasteiger partial charge in [-0.15, -0.1) is 0 Å². The summed E-state index contributed by atoms with van der Waals surface area (Å²) < 4.78 is 36.8. The second-order valence-corrected chi connectivity index (χ2v) is 31.7. The molecule has 12 heteroatoms. The molecular formula is C15H43O6Si6. The summed E-state index contributed by atoms with van der Waals surface area (Å²) in [6.45, 7) is 23.8. The smallest absolute Gasteiger partial charge is 0.383 e.